The normalized spacial score (nSPS) is 40.2. The quantitative estimate of drug-likeness (QED) is 0.841. The lowest BCUT2D eigenvalue weighted by atomic mass is 9.72. The summed E-state index contributed by atoms with van der Waals surface area (Å²) in [7, 11) is -0.697. The zero-order valence-corrected chi connectivity index (χ0v) is 13.2. The molecule has 1 aliphatic heterocycles. The van der Waals surface area contributed by atoms with Gasteiger partial charge in [0.15, 0.2) is 9.84 Å². The molecule has 0 radical (unpaired) electrons. The maximum absolute atomic E-state index is 11.5. The van der Waals surface area contributed by atoms with Gasteiger partial charge in [0.05, 0.1) is 11.5 Å². The molecule has 2 aliphatic rings. The van der Waals surface area contributed by atoms with Gasteiger partial charge in [0.1, 0.15) is 0 Å². The van der Waals surface area contributed by atoms with Gasteiger partial charge >= 0.3 is 0 Å². The average molecular weight is 288 g/mol. The highest BCUT2D eigenvalue weighted by Crippen LogP contribution is 2.34. The van der Waals surface area contributed by atoms with Gasteiger partial charge in [-0.2, -0.15) is 0 Å². The molecule has 1 heterocycles. The van der Waals surface area contributed by atoms with Crippen LogP contribution in [0.1, 0.15) is 26.7 Å². The van der Waals surface area contributed by atoms with Gasteiger partial charge in [0, 0.05) is 25.7 Å². The number of hydrogen-bond acceptors (Lipinski definition) is 4. The topological polar surface area (TPSA) is 49.4 Å². The summed E-state index contributed by atoms with van der Waals surface area (Å²) in [5, 5.41) is 3.48. The van der Waals surface area contributed by atoms with E-state index in [1.165, 1.54) is 12.8 Å². The molecule has 0 aromatic rings. The molecule has 0 bridgehead atoms. The first-order valence-electron chi connectivity index (χ1n) is 7.51. The Morgan fingerprint density at radius 1 is 1.16 bits per heavy atom. The van der Waals surface area contributed by atoms with Crippen LogP contribution < -0.4 is 5.32 Å². The van der Waals surface area contributed by atoms with Crippen molar-refractivity contribution in [3.63, 3.8) is 0 Å². The molecule has 2 rings (SSSR count). The van der Waals surface area contributed by atoms with Crippen LogP contribution in [0, 0.1) is 17.8 Å². The first kappa shape index (κ1) is 15.3. The van der Waals surface area contributed by atoms with E-state index in [0.717, 1.165) is 31.5 Å². The molecule has 0 aromatic carbocycles. The van der Waals surface area contributed by atoms with E-state index in [1.807, 2.05) is 0 Å². The SMILES string of the molecule is CNC1CC(C)CC(C)C1CN1CCS(=O)(=O)CC1. The summed E-state index contributed by atoms with van der Waals surface area (Å²) in [6, 6.07) is 0.581. The van der Waals surface area contributed by atoms with Crippen LogP contribution in [0.15, 0.2) is 0 Å². The van der Waals surface area contributed by atoms with Gasteiger partial charge in [0.2, 0.25) is 0 Å². The molecule has 4 nitrogen and oxygen atoms in total. The summed E-state index contributed by atoms with van der Waals surface area (Å²) < 4.78 is 23.0. The average Bonchev–Trinajstić information content (AvgIpc) is 2.34. The largest absolute Gasteiger partial charge is 0.317 e. The number of nitrogens with zero attached hydrogens (tertiary/aromatic N) is 1. The summed E-state index contributed by atoms with van der Waals surface area (Å²) in [5.41, 5.74) is 0. The van der Waals surface area contributed by atoms with Crippen molar-refractivity contribution in [2.24, 2.45) is 17.8 Å². The Hall–Kier alpha value is -0.130. The van der Waals surface area contributed by atoms with E-state index in [9.17, 15) is 8.42 Å². The zero-order valence-electron chi connectivity index (χ0n) is 12.4. The number of sulfone groups is 1. The summed E-state index contributed by atoms with van der Waals surface area (Å²) in [6.45, 7) is 7.18. The summed E-state index contributed by atoms with van der Waals surface area (Å²) in [4.78, 5) is 2.35. The van der Waals surface area contributed by atoms with E-state index in [2.05, 4.69) is 31.1 Å². The Morgan fingerprint density at radius 2 is 1.79 bits per heavy atom. The molecule has 1 N–H and O–H groups in total. The second kappa shape index (κ2) is 6.10. The third-order valence-corrected chi connectivity index (χ3v) is 6.56. The molecule has 1 saturated carbocycles. The van der Waals surface area contributed by atoms with Crippen LogP contribution in [-0.4, -0.2) is 57.5 Å². The van der Waals surface area contributed by atoms with Gasteiger partial charge in [-0.3, -0.25) is 0 Å². The van der Waals surface area contributed by atoms with Gasteiger partial charge in [-0.15, -0.1) is 0 Å². The van der Waals surface area contributed by atoms with Crippen molar-refractivity contribution in [3.05, 3.63) is 0 Å². The maximum atomic E-state index is 11.5. The number of hydrogen-bond donors (Lipinski definition) is 1. The minimum Gasteiger partial charge on any atom is -0.317 e. The van der Waals surface area contributed by atoms with Crippen LogP contribution in [0.4, 0.5) is 0 Å². The summed E-state index contributed by atoms with van der Waals surface area (Å²) in [5.74, 6) is 2.86. The molecule has 0 amide bonds. The predicted molar refractivity (Wildman–Crippen MR) is 79.0 cm³/mol. The van der Waals surface area contributed by atoms with Crippen LogP contribution in [-0.2, 0) is 9.84 Å². The predicted octanol–water partition coefficient (Wildman–Crippen LogP) is 0.987. The lowest BCUT2D eigenvalue weighted by molar-refractivity contribution is 0.108. The molecular weight excluding hydrogens is 260 g/mol. The Labute approximate surface area is 117 Å². The second-order valence-electron chi connectivity index (χ2n) is 6.57. The van der Waals surface area contributed by atoms with Crippen LogP contribution in [0.3, 0.4) is 0 Å². The molecular formula is C14H28N2O2S. The van der Waals surface area contributed by atoms with Crippen molar-refractivity contribution < 1.29 is 8.42 Å². The van der Waals surface area contributed by atoms with Crippen molar-refractivity contribution in [1.29, 1.82) is 0 Å². The Balaban J connectivity index is 1.93. The van der Waals surface area contributed by atoms with E-state index < -0.39 is 9.84 Å². The van der Waals surface area contributed by atoms with Gasteiger partial charge in [-0.1, -0.05) is 13.8 Å². The molecule has 0 aromatic heterocycles. The molecule has 1 aliphatic carbocycles. The number of nitrogens with one attached hydrogen (secondary N) is 1. The van der Waals surface area contributed by atoms with E-state index >= 15 is 0 Å². The molecule has 0 spiro atoms. The third kappa shape index (κ3) is 3.92. The highest BCUT2D eigenvalue weighted by Gasteiger charge is 2.35. The summed E-state index contributed by atoms with van der Waals surface area (Å²) in [6.07, 6.45) is 2.55. The Morgan fingerprint density at radius 3 is 2.37 bits per heavy atom. The van der Waals surface area contributed by atoms with Crippen molar-refractivity contribution in [1.82, 2.24) is 10.2 Å². The molecule has 1 saturated heterocycles. The van der Waals surface area contributed by atoms with Crippen molar-refractivity contribution in [2.45, 2.75) is 32.7 Å². The van der Waals surface area contributed by atoms with Crippen molar-refractivity contribution in [2.75, 3.05) is 38.2 Å². The van der Waals surface area contributed by atoms with Gasteiger partial charge in [-0.25, -0.2) is 8.42 Å². The minimum atomic E-state index is -2.76. The van der Waals surface area contributed by atoms with Crippen LogP contribution in [0.5, 0.6) is 0 Å². The zero-order chi connectivity index (χ0) is 14.0. The van der Waals surface area contributed by atoms with Crippen LogP contribution >= 0.6 is 0 Å². The standard InChI is InChI=1S/C14H28N2O2S/c1-11-8-12(2)13(14(9-11)15-3)10-16-4-6-19(17,18)7-5-16/h11-15H,4-10H2,1-3H3. The molecule has 112 valence electrons. The van der Waals surface area contributed by atoms with Crippen LogP contribution in [0.25, 0.3) is 0 Å². The molecule has 2 fully saturated rings. The fourth-order valence-electron chi connectivity index (χ4n) is 3.78. The highest BCUT2D eigenvalue weighted by molar-refractivity contribution is 7.91. The first-order chi connectivity index (χ1) is 8.91. The van der Waals surface area contributed by atoms with E-state index in [4.69, 9.17) is 0 Å². The first-order valence-corrected chi connectivity index (χ1v) is 9.33. The molecule has 19 heavy (non-hydrogen) atoms. The minimum absolute atomic E-state index is 0.342. The Kier molecular flexibility index (Phi) is 4.90. The smallest absolute Gasteiger partial charge is 0.152 e. The Bertz CT molecular complexity index is 382. The van der Waals surface area contributed by atoms with Crippen molar-refractivity contribution in [3.8, 4) is 0 Å². The van der Waals surface area contributed by atoms with E-state index in [1.54, 1.807) is 0 Å². The fraction of sp³-hybridized carbons (Fsp3) is 1.00. The molecule has 4 atom stereocenters. The molecule has 5 heteroatoms. The van der Waals surface area contributed by atoms with Gasteiger partial charge in [0.25, 0.3) is 0 Å². The molecule has 4 unspecified atom stereocenters. The maximum Gasteiger partial charge on any atom is 0.152 e. The lowest BCUT2D eigenvalue weighted by Crippen LogP contribution is -2.50. The number of rotatable bonds is 3. The van der Waals surface area contributed by atoms with Gasteiger partial charge in [-0.05, 0) is 37.6 Å². The van der Waals surface area contributed by atoms with Crippen molar-refractivity contribution >= 4 is 9.84 Å². The third-order valence-electron chi connectivity index (χ3n) is 4.96. The lowest BCUT2D eigenvalue weighted by Gasteiger charge is -2.42. The van der Waals surface area contributed by atoms with Crippen LogP contribution in [0.2, 0.25) is 0 Å². The fourth-order valence-corrected chi connectivity index (χ4v) is 5.06. The van der Waals surface area contributed by atoms with Gasteiger partial charge < -0.3 is 10.2 Å². The summed E-state index contributed by atoms with van der Waals surface area (Å²) >= 11 is 0. The highest BCUT2D eigenvalue weighted by atomic mass is 32.2. The monoisotopic (exact) mass is 288 g/mol. The van der Waals surface area contributed by atoms with E-state index in [0.29, 0.717) is 23.5 Å². The van der Waals surface area contributed by atoms with E-state index in [-0.39, 0.29) is 0 Å². The second-order valence-corrected chi connectivity index (χ2v) is 8.87.